The smallest absolute Gasteiger partial charge is 0.303 e. The first kappa shape index (κ1) is 27.6. The number of nitrogens with one attached hydrogen (secondary N) is 2. The number of benzene rings is 2. The summed E-state index contributed by atoms with van der Waals surface area (Å²) in [5.41, 5.74) is 5.96. The van der Waals surface area contributed by atoms with E-state index >= 15 is 0 Å². The number of carbonyl (C=O) groups is 3. The zero-order valence-electron chi connectivity index (χ0n) is 22.8. The molecule has 39 heavy (non-hydrogen) atoms. The number of carboxylic acids is 1. The molecule has 4 aromatic rings. The molecule has 3 N–H and O–H groups in total. The topological polar surface area (TPSA) is 118 Å². The lowest BCUT2D eigenvalue weighted by Gasteiger charge is -2.20. The fourth-order valence-corrected chi connectivity index (χ4v) is 4.92. The van der Waals surface area contributed by atoms with Crippen molar-refractivity contribution in [1.82, 2.24) is 19.7 Å². The Balaban J connectivity index is 1.66. The highest BCUT2D eigenvalue weighted by Crippen LogP contribution is 2.29. The molecule has 0 aliphatic heterocycles. The number of hydrogen-bond donors (Lipinski definition) is 3. The van der Waals surface area contributed by atoms with Crippen molar-refractivity contribution in [2.24, 2.45) is 0 Å². The van der Waals surface area contributed by atoms with Gasteiger partial charge < -0.3 is 20.3 Å². The predicted molar refractivity (Wildman–Crippen MR) is 151 cm³/mol. The van der Waals surface area contributed by atoms with Crippen molar-refractivity contribution in [1.29, 1.82) is 0 Å². The molecule has 2 aromatic heterocycles. The predicted octanol–water partition coefficient (Wildman–Crippen LogP) is 4.86. The summed E-state index contributed by atoms with van der Waals surface area (Å²) in [6, 6.07) is 10.9. The van der Waals surface area contributed by atoms with Gasteiger partial charge in [-0.2, -0.15) is 5.10 Å². The summed E-state index contributed by atoms with van der Waals surface area (Å²) in [4.78, 5) is 37.1. The van der Waals surface area contributed by atoms with E-state index in [1.54, 1.807) is 19.3 Å². The number of carbonyl (C=O) groups excluding carboxylic acids is 2. The Morgan fingerprint density at radius 3 is 2.54 bits per heavy atom. The number of carboxylic acid groups (broad SMARTS) is 1. The Morgan fingerprint density at radius 1 is 1.08 bits per heavy atom. The van der Waals surface area contributed by atoms with Crippen molar-refractivity contribution in [3.05, 3.63) is 82.8 Å². The maximum atomic E-state index is 13.8. The van der Waals surface area contributed by atoms with E-state index < -0.39 is 12.0 Å². The fraction of sp³-hybridized carbons (Fsp3) is 0.333. The third-order valence-corrected chi connectivity index (χ3v) is 6.92. The van der Waals surface area contributed by atoms with E-state index in [4.69, 9.17) is 5.11 Å². The van der Waals surface area contributed by atoms with E-state index in [2.05, 4.69) is 15.7 Å². The van der Waals surface area contributed by atoms with E-state index in [1.807, 2.05) is 72.7 Å². The highest BCUT2D eigenvalue weighted by molar-refractivity contribution is 6.00. The van der Waals surface area contributed by atoms with Crippen LogP contribution in [0.5, 0.6) is 0 Å². The third kappa shape index (κ3) is 6.37. The Hall–Kier alpha value is -4.40. The number of anilines is 1. The zero-order chi connectivity index (χ0) is 28.1. The van der Waals surface area contributed by atoms with E-state index in [0.29, 0.717) is 37.1 Å². The Morgan fingerprint density at radius 2 is 1.87 bits per heavy atom. The van der Waals surface area contributed by atoms with Gasteiger partial charge in [0.2, 0.25) is 5.91 Å². The van der Waals surface area contributed by atoms with E-state index in [1.165, 1.54) is 0 Å². The number of aryl methyl sites for hydroxylation is 3. The molecule has 0 aliphatic carbocycles. The minimum atomic E-state index is -0.844. The van der Waals surface area contributed by atoms with Crippen molar-refractivity contribution >= 4 is 34.4 Å². The average molecular weight is 530 g/mol. The molecule has 4 rings (SSSR count). The van der Waals surface area contributed by atoms with Gasteiger partial charge in [0.25, 0.3) is 5.91 Å². The number of hydrogen-bond acceptors (Lipinski definition) is 4. The van der Waals surface area contributed by atoms with Crippen LogP contribution in [0.1, 0.15) is 64.8 Å². The third-order valence-electron chi connectivity index (χ3n) is 6.92. The summed E-state index contributed by atoms with van der Waals surface area (Å²) in [5.74, 6) is -1.20. The molecule has 0 spiro atoms. The summed E-state index contributed by atoms with van der Waals surface area (Å²) in [6.07, 6.45) is 7.31. The molecule has 204 valence electrons. The Bertz CT molecular complexity index is 1520. The van der Waals surface area contributed by atoms with E-state index in [9.17, 15) is 14.4 Å². The van der Waals surface area contributed by atoms with E-state index in [-0.39, 0.29) is 18.2 Å². The summed E-state index contributed by atoms with van der Waals surface area (Å²) >= 11 is 0. The zero-order valence-corrected chi connectivity index (χ0v) is 22.8. The van der Waals surface area contributed by atoms with Crippen LogP contribution in [0.2, 0.25) is 0 Å². The fourth-order valence-electron chi connectivity index (χ4n) is 4.92. The number of fused-ring (bicyclic) bond motifs is 1. The first-order valence-electron chi connectivity index (χ1n) is 13.2. The molecule has 2 aromatic carbocycles. The molecular weight excluding hydrogens is 494 g/mol. The lowest BCUT2D eigenvalue weighted by atomic mass is 10.0. The van der Waals surface area contributed by atoms with Crippen LogP contribution in [0.15, 0.2) is 55.0 Å². The van der Waals surface area contributed by atoms with Crippen molar-refractivity contribution in [3.63, 3.8) is 0 Å². The Labute approximate surface area is 227 Å². The molecule has 0 radical (unpaired) electrons. The van der Waals surface area contributed by atoms with Crippen LogP contribution < -0.4 is 10.6 Å². The second kappa shape index (κ2) is 12.0. The van der Waals surface area contributed by atoms with Gasteiger partial charge in [-0.3, -0.25) is 19.1 Å². The van der Waals surface area contributed by atoms with Crippen molar-refractivity contribution < 1.29 is 19.5 Å². The summed E-state index contributed by atoms with van der Waals surface area (Å²) in [5, 5.41) is 20.2. The van der Waals surface area contributed by atoms with Crippen LogP contribution >= 0.6 is 0 Å². The molecule has 0 saturated heterocycles. The van der Waals surface area contributed by atoms with Gasteiger partial charge in [-0.15, -0.1) is 0 Å². The summed E-state index contributed by atoms with van der Waals surface area (Å²) in [7, 11) is 1.59. The van der Waals surface area contributed by atoms with Gasteiger partial charge >= 0.3 is 5.97 Å². The minimum Gasteiger partial charge on any atom is -0.481 e. The molecule has 0 aliphatic rings. The molecule has 0 saturated carbocycles. The number of amides is 2. The SMILES string of the molecule is CCC(C(=O)Nc1cc(Cn2cc(C)cn2)ccc1CCCC(=O)O)n1cc(C)c2ccc(C(=O)NC)cc21. The Kier molecular flexibility index (Phi) is 8.49. The van der Waals surface area contributed by atoms with Crippen molar-refractivity contribution in [3.8, 4) is 0 Å². The highest BCUT2D eigenvalue weighted by atomic mass is 16.4. The van der Waals surface area contributed by atoms with Gasteiger partial charge in [-0.1, -0.05) is 25.1 Å². The lowest BCUT2D eigenvalue weighted by molar-refractivity contribution is -0.137. The van der Waals surface area contributed by atoms with Crippen LogP contribution in [-0.2, 0) is 22.6 Å². The van der Waals surface area contributed by atoms with Crippen LogP contribution in [0.25, 0.3) is 10.9 Å². The number of rotatable bonds is 11. The standard InChI is InChI=1S/C30H35N5O4/c1-5-26(35-17-20(3)24-12-11-23(14-27(24)35)29(38)31-4)30(39)33-25-13-21(18-34-16-19(2)15-32-34)9-10-22(25)7-6-8-28(36)37/h9-17,26H,5-8,18H2,1-4H3,(H,31,38)(H,33,39)(H,36,37). The molecule has 9 heteroatoms. The molecule has 0 fully saturated rings. The van der Waals surface area contributed by atoms with Gasteiger partial charge in [0.05, 0.1) is 12.7 Å². The quantitative estimate of drug-likeness (QED) is 0.256. The van der Waals surface area contributed by atoms with Gasteiger partial charge in [0.15, 0.2) is 0 Å². The average Bonchev–Trinajstić information content (AvgIpc) is 3.46. The molecule has 0 bridgehead atoms. The van der Waals surface area contributed by atoms with Crippen LogP contribution in [0, 0.1) is 13.8 Å². The van der Waals surface area contributed by atoms with Crippen molar-refractivity contribution in [2.45, 2.75) is 59.0 Å². The van der Waals surface area contributed by atoms with E-state index in [0.717, 1.165) is 33.2 Å². The van der Waals surface area contributed by atoms with Gasteiger partial charge in [0.1, 0.15) is 6.04 Å². The highest BCUT2D eigenvalue weighted by Gasteiger charge is 2.23. The van der Waals surface area contributed by atoms with Crippen LogP contribution in [0.3, 0.4) is 0 Å². The second-order valence-electron chi connectivity index (χ2n) is 9.90. The number of aromatic nitrogens is 3. The maximum Gasteiger partial charge on any atom is 0.303 e. The van der Waals surface area contributed by atoms with Gasteiger partial charge in [0, 0.05) is 48.0 Å². The molecular formula is C30H35N5O4. The normalized spacial score (nSPS) is 11.9. The molecule has 2 amide bonds. The molecule has 2 heterocycles. The first-order valence-corrected chi connectivity index (χ1v) is 13.2. The summed E-state index contributed by atoms with van der Waals surface area (Å²) < 4.78 is 3.78. The van der Waals surface area contributed by atoms with Crippen LogP contribution in [-0.4, -0.2) is 44.3 Å². The largest absolute Gasteiger partial charge is 0.481 e. The van der Waals surface area contributed by atoms with Crippen LogP contribution in [0.4, 0.5) is 5.69 Å². The lowest BCUT2D eigenvalue weighted by Crippen LogP contribution is -2.26. The summed E-state index contributed by atoms with van der Waals surface area (Å²) in [6.45, 7) is 6.48. The van der Waals surface area contributed by atoms with Crippen molar-refractivity contribution in [2.75, 3.05) is 12.4 Å². The first-order chi connectivity index (χ1) is 18.7. The molecule has 1 atom stereocenters. The molecule has 1 unspecified atom stereocenters. The number of aliphatic carboxylic acids is 1. The number of nitrogens with zero attached hydrogens (tertiary/aromatic N) is 3. The minimum absolute atomic E-state index is 0.0571. The second-order valence-corrected chi connectivity index (χ2v) is 9.90. The van der Waals surface area contributed by atoms with Gasteiger partial charge in [-0.05, 0) is 73.6 Å². The van der Waals surface area contributed by atoms with Gasteiger partial charge in [-0.25, -0.2) is 0 Å². The molecule has 9 nitrogen and oxygen atoms in total. The monoisotopic (exact) mass is 529 g/mol. The maximum absolute atomic E-state index is 13.8.